The van der Waals surface area contributed by atoms with Gasteiger partial charge in [0.25, 0.3) is 0 Å². The second kappa shape index (κ2) is 10.0. The molecule has 1 aliphatic carbocycles. The standard InChI is InChI=1S/C25H38N2O3/c1-18(2)16-24(28)26-21-8-6-19(7-9-21)10-13-27-14-11-20(12-15-27)22-4-3-5-23-25(22)30-17-29-23/h3-5,18-21H,6-17H2,1-2H3,(H,26,28). The Balaban J connectivity index is 1.15. The first-order valence-corrected chi connectivity index (χ1v) is 12.0. The molecule has 2 aliphatic heterocycles. The van der Waals surface area contributed by atoms with Crippen LogP contribution in [0.2, 0.25) is 0 Å². The van der Waals surface area contributed by atoms with Crippen LogP contribution in [0.5, 0.6) is 11.5 Å². The summed E-state index contributed by atoms with van der Waals surface area (Å²) in [5, 5.41) is 3.25. The molecule has 1 saturated carbocycles. The van der Waals surface area contributed by atoms with E-state index in [1.807, 2.05) is 6.07 Å². The number of ether oxygens (including phenoxy) is 2. The van der Waals surface area contributed by atoms with Gasteiger partial charge in [0, 0.05) is 18.0 Å². The van der Waals surface area contributed by atoms with Crippen molar-refractivity contribution < 1.29 is 14.3 Å². The van der Waals surface area contributed by atoms with Gasteiger partial charge >= 0.3 is 0 Å². The van der Waals surface area contributed by atoms with E-state index in [2.05, 4.69) is 36.2 Å². The van der Waals surface area contributed by atoms with Crippen molar-refractivity contribution in [3.63, 3.8) is 0 Å². The van der Waals surface area contributed by atoms with Crippen LogP contribution >= 0.6 is 0 Å². The first-order valence-electron chi connectivity index (χ1n) is 12.0. The Bertz CT molecular complexity index is 704. The molecular weight excluding hydrogens is 376 g/mol. The molecule has 5 heteroatoms. The zero-order valence-electron chi connectivity index (χ0n) is 18.7. The fourth-order valence-corrected chi connectivity index (χ4v) is 5.36. The van der Waals surface area contributed by atoms with Crippen molar-refractivity contribution in [2.24, 2.45) is 11.8 Å². The quantitative estimate of drug-likeness (QED) is 0.702. The van der Waals surface area contributed by atoms with Gasteiger partial charge in [0.15, 0.2) is 11.5 Å². The maximum atomic E-state index is 12.0. The molecule has 0 radical (unpaired) electrons. The third-order valence-corrected chi connectivity index (χ3v) is 7.11. The molecule has 0 bridgehead atoms. The highest BCUT2D eigenvalue weighted by Crippen LogP contribution is 2.42. The number of hydrogen-bond acceptors (Lipinski definition) is 4. The SMILES string of the molecule is CC(C)CC(=O)NC1CCC(CCN2CCC(c3cccc4c3OCO4)CC2)CC1. The molecule has 2 fully saturated rings. The number of para-hydroxylation sites is 1. The lowest BCUT2D eigenvalue weighted by Crippen LogP contribution is -2.39. The summed E-state index contributed by atoms with van der Waals surface area (Å²) in [5.41, 5.74) is 1.34. The maximum Gasteiger partial charge on any atom is 0.231 e. The van der Waals surface area contributed by atoms with Gasteiger partial charge in [0.1, 0.15) is 0 Å². The first-order chi connectivity index (χ1) is 14.6. The third kappa shape index (κ3) is 5.48. The number of piperidine rings is 1. The molecule has 0 spiro atoms. The van der Waals surface area contributed by atoms with Gasteiger partial charge in [-0.3, -0.25) is 4.79 Å². The molecule has 166 valence electrons. The van der Waals surface area contributed by atoms with E-state index >= 15 is 0 Å². The summed E-state index contributed by atoms with van der Waals surface area (Å²) in [5.74, 6) is 3.97. The van der Waals surface area contributed by atoms with Crippen LogP contribution in [0.3, 0.4) is 0 Å². The Labute approximate surface area is 181 Å². The minimum Gasteiger partial charge on any atom is -0.454 e. The van der Waals surface area contributed by atoms with Gasteiger partial charge in [-0.1, -0.05) is 26.0 Å². The molecule has 3 aliphatic rings. The lowest BCUT2D eigenvalue weighted by atomic mass is 9.83. The topological polar surface area (TPSA) is 50.8 Å². The monoisotopic (exact) mass is 414 g/mol. The van der Waals surface area contributed by atoms with Crippen molar-refractivity contribution >= 4 is 5.91 Å². The van der Waals surface area contributed by atoms with Crippen molar-refractivity contribution in [3.8, 4) is 11.5 Å². The van der Waals surface area contributed by atoms with Gasteiger partial charge < -0.3 is 19.7 Å². The molecule has 1 aromatic rings. The maximum absolute atomic E-state index is 12.0. The predicted octanol–water partition coefficient (Wildman–Crippen LogP) is 4.71. The summed E-state index contributed by atoms with van der Waals surface area (Å²) in [7, 11) is 0. The van der Waals surface area contributed by atoms with Gasteiger partial charge in [-0.05, 0) is 88.4 Å². The van der Waals surface area contributed by atoms with E-state index in [9.17, 15) is 4.79 Å². The number of amides is 1. The highest BCUT2D eigenvalue weighted by atomic mass is 16.7. The van der Waals surface area contributed by atoms with Crippen molar-refractivity contribution in [1.29, 1.82) is 0 Å². The minimum absolute atomic E-state index is 0.234. The summed E-state index contributed by atoms with van der Waals surface area (Å²) < 4.78 is 11.3. The van der Waals surface area contributed by atoms with E-state index < -0.39 is 0 Å². The van der Waals surface area contributed by atoms with E-state index in [1.165, 1.54) is 57.3 Å². The molecule has 0 aromatic heterocycles. The van der Waals surface area contributed by atoms with Crippen LogP contribution in [0.15, 0.2) is 18.2 Å². The summed E-state index contributed by atoms with van der Waals surface area (Å²) in [6, 6.07) is 6.72. The Morgan fingerprint density at radius 3 is 2.60 bits per heavy atom. The number of carbonyl (C=O) groups is 1. The first kappa shape index (κ1) is 21.5. The normalized spacial score (nSPS) is 24.9. The average Bonchev–Trinajstić information content (AvgIpc) is 3.22. The molecule has 1 amide bonds. The highest BCUT2D eigenvalue weighted by molar-refractivity contribution is 5.76. The Hall–Kier alpha value is -1.75. The minimum atomic E-state index is 0.234. The number of carbonyl (C=O) groups excluding carboxylic acids is 1. The van der Waals surface area contributed by atoms with E-state index in [-0.39, 0.29) is 5.91 Å². The smallest absolute Gasteiger partial charge is 0.231 e. The highest BCUT2D eigenvalue weighted by Gasteiger charge is 2.28. The molecule has 1 aromatic carbocycles. The number of nitrogens with zero attached hydrogens (tertiary/aromatic N) is 1. The second-order valence-corrected chi connectivity index (χ2v) is 9.87. The number of likely N-dealkylation sites (tertiary alicyclic amines) is 1. The summed E-state index contributed by atoms with van der Waals surface area (Å²) >= 11 is 0. The summed E-state index contributed by atoms with van der Waals surface area (Å²) in [4.78, 5) is 14.6. The van der Waals surface area contributed by atoms with E-state index in [1.54, 1.807) is 0 Å². The molecule has 1 saturated heterocycles. The van der Waals surface area contributed by atoms with Crippen LogP contribution < -0.4 is 14.8 Å². The number of fused-ring (bicyclic) bond motifs is 1. The fourth-order valence-electron chi connectivity index (χ4n) is 5.36. The van der Waals surface area contributed by atoms with Crippen LogP contribution in [0, 0.1) is 11.8 Å². The van der Waals surface area contributed by atoms with Crippen LogP contribution in [0.1, 0.15) is 76.7 Å². The van der Waals surface area contributed by atoms with E-state index in [0.717, 1.165) is 30.3 Å². The average molecular weight is 415 g/mol. The number of nitrogens with one attached hydrogen (secondary N) is 1. The fraction of sp³-hybridized carbons (Fsp3) is 0.720. The van der Waals surface area contributed by atoms with Gasteiger partial charge in [0.05, 0.1) is 0 Å². The second-order valence-electron chi connectivity index (χ2n) is 9.87. The largest absolute Gasteiger partial charge is 0.454 e. The van der Waals surface area contributed by atoms with Crippen molar-refractivity contribution in [2.45, 2.75) is 77.2 Å². The van der Waals surface area contributed by atoms with Gasteiger partial charge in [0.2, 0.25) is 12.7 Å². The lowest BCUT2D eigenvalue weighted by molar-refractivity contribution is -0.122. The van der Waals surface area contributed by atoms with Crippen LogP contribution in [0.25, 0.3) is 0 Å². The van der Waals surface area contributed by atoms with Crippen molar-refractivity contribution in [2.75, 3.05) is 26.4 Å². The van der Waals surface area contributed by atoms with Crippen molar-refractivity contribution in [1.82, 2.24) is 10.2 Å². The Kier molecular flexibility index (Phi) is 7.19. The Morgan fingerprint density at radius 1 is 1.10 bits per heavy atom. The van der Waals surface area contributed by atoms with Gasteiger partial charge in [-0.2, -0.15) is 0 Å². The number of rotatable bonds is 7. The van der Waals surface area contributed by atoms with E-state index in [4.69, 9.17) is 9.47 Å². The molecule has 4 rings (SSSR count). The number of benzene rings is 1. The molecule has 0 atom stereocenters. The molecular formula is C25H38N2O3. The third-order valence-electron chi connectivity index (χ3n) is 7.11. The molecule has 5 nitrogen and oxygen atoms in total. The predicted molar refractivity (Wildman–Crippen MR) is 119 cm³/mol. The van der Waals surface area contributed by atoms with Crippen LogP contribution in [-0.2, 0) is 4.79 Å². The van der Waals surface area contributed by atoms with Crippen molar-refractivity contribution in [3.05, 3.63) is 23.8 Å². The van der Waals surface area contributed by atoms with Crippen LogP contribution in [-0.4, -0.2) is 43.3 Å². The molecule has 1 N–H and O–H groups in total. The molecule has 2 heterocycles. The summed E-state index contributed by atoms with van der Waals surface area (Å²) in [6.07, 6.45) is 9.18. The zero-order valence-corrected chi connectivity index (χ0v) is 18.7. The zero-order chi connectivity index (χ0) is 20.9. The van der Waals surface area contributed by atoms with Gasteiger partial charge in [-0.15, -0.1) is 0 Å². The van der Waals surface area contributed by atoms with Gasteiger partial charge in [-0.25, -0.2) is 0 Å². The molecule has 0 unspecified atom stereocenters. The number of hydrogen-bond donors (Lipinski definition) is 1. The van der Waals surface area contributed by atoms with Crippen LogP contribution in [0.4, 0.5) is 0 Å². The molecule has 30 heavy (non-hydrogen) atoms. The summed E-state index contributed by atoms with van der Waals surface area (Å²) in [6.45, 7) is 8.14. The van der Waals surface area contributed by atoms with E-state index in [0.29, 0.717) is 31.1 Å². The lowest BCUT2D eigenvalue weighted by Gasteiger charge is -2.34. The Morgan fingerprint density at radius 2 is 1.87 bits per heavy atom.